The van der Waals surface area contributed by atoms with Gasteiger partial charge in [0.05, 0.1) is 49.8 Å². The van der Waals surface area contributed by atoms with E-state index in [-0.39, 0.29) is 24.3 Å². The Morgan fingerprint density at radius 2 is 1.73 bits per heavy atom. The lowest BCUT2D eigenvalue weighted by Crippen LogP contribution is -2.40. The molecule has 3 heterocycles. The van der Waals surface area contributed by atoms with E-state index in [0.29, 0.717) is 52.5 Å². The smallest absolute Gasteiger partial charge is 0.213 e. The Morgan fingerprint density at radius 3 is 2.38 bits per heavy atom. The number of hydrogen-bond donors (Lipinski definition) is 1. The third kappa shape index (κ3) is 4.69. The van der Waals surface area contributed by atoms with Crippen molar-refractivity contribution in [1.82, 2.24) is 24.5 Å². The van der Waals surface area contributed by atoms with Gasteiger partial charge in [0.15, 0.2) is 27.0 Å². The topological polar surface area (TPSA) is 139 Å². The maximum absolute atomic E-state index is 12.9. The number of fused-ring (bicyclic) bond motifs is 1. The number of rotatable bonds is 9. The van der Waals surface area contributed by atoms with Crippen LogP contribution in [0.1, 0.15) is 25.5 Å². The summed E-state index contributed by atoms with van der Waals surface area (Å²) in [7, 11) is -0.422. The van der Waals surface area contributed by atoms with Gasteiger partial charge in [0.1, 0.15) is 22.9 Å². The highest BCUT2D eigenvalue weighted by Gasteiger charge is 2.38. The summed E-state index contributed by atoms with van der Waals surface area (Å²) in [6.07, 6.45) is 1.32. The fourth-order valence-electron chi connectivity index (χ4n) is 4.32. The van der Waals surface area contributed by atoms with Crippen molar-refractivity contribution in [1.29, 1.82) is 0 Å². The van der Waals surface area contributed by atoms with Gasteiger partial charge in [0, 0.05) is 6.07 Å². The van der Waals surface area contributed by atoms with Crippen LogP contribution in [0.25, 0.3) is 28.5 Å². The number of para-hydroxylation sites is 1. The lowest BCUT2D eigenvalue weighted by molar-refractivity contribution is 0.0976. The molecule has 1 fully saturated rings. The molecule has 0 radical (unpaired) electrons. The summed E-state index contributed by atoms with van der Waals surface area (Å²) >= 11 is 0. The quantitative estimate of drug-likeness (QED) is 0.347. The average molecular weight is 526 g/mol. The van der Waals surface area contributed by atoms with E-state index in [0.717, 1.165) is 0 Å². The second-order valence-corrected chi connectivity index (χ2v) is 10.9. The maximum atomic E-state index is 12.9. The normalized spacial score (nSPS) is 17.4. The number of sulfone groups is 1. The van der Waals surface area contributed by atoms with Crippen molar-refractivity contribution in [2.75, 3.05) is 20.8 Å². The van der Waals surface area contributed by atoms with Crippen LogP contribution >= 0.6 is 0 Å². The van der Waals surface area contributed by atoms with E-state index in [1.54, 1.807) is 49.1 Å². The third-order valence-corrected chi connectivity index (χ3v) is 8.32. The number of nitrogens with zero attached hydrogens (tertiary/aromatic N) is 5. The maximum Gasteiger partial charge on any atom is 0.213 e. The summed E-state index contributed by atoms with van der Waals surface area (Å²) in [5.74, 6) is 1.52. The van der Waals surface area contributed by atoms with Crippen LogP contribution in [-0.2, 0) is 15.6 Å². The minimum atomic E-state index is -3.51. The molecule has 0 unspecified atom stereocenters. The zero-order valence-electron chi connectivity index (χ0n) is 20.7. The predicted octanol–water partition coefficient (Wildman–Crippen LogP) is 2.73. The highest BCUT2D eigenvalue weighted by atomic mass is 32.2. The monoisotopic (exact) mass is 525 g/mol. The molecule has 37 heavy (non-hydrogen) atoms. The molecule has 0 bridgehead atoms. The summed E-state index contributed by atoms with van der Waals surface area (Å²) in [6.45, 7) is 2.32. The number of imidazole rings is 1. The van der Waals surface area contributed by atoms with Gasteiger partial charge in [0.25, 0.3) is 0 Å². The van der Waals surface area contributed by atoms with Gasteiger partial charge in [-0.3, -0.25) is 4.57 Å². The van der Waals surface area contributed by atoms with Gasteiger partial charge < -0.3 is 19.3 Å². The first kappa shape index (κ1) is 24.9. The van der Waals surface area contributed by atoms with Gasteiger partial charge in [-0.05, 0) is 38.0 Å². The van der Waals surface area contributed by atoms with Crippen LogP contribution < -0.4 is 14.2 Å². The van der Waals surface area contributed by atoms with Crippen LogP contribution in [0.4, 0.5) is 0 Å². The van der Waals surface area contributed by atoms with E-state index in [1.165, 1.54) is 6.20 Å². The van der Waals surface area contributed by atoms with E-state index in [1.807, 2.05) is 13.0 Å². The van der Waals surface area contributed by atoms with Gasteiger partial charge in [-0.1, -0.05) is 12.1 Å². The van der Waals surface area contributed by atoms with Crippen molar-refractivity contribution in [3.63, 3.8) is 0 Å². The zero-order chi connectivity index (χ0) is 26.2. The molecule has 11 nitrogen and oxygen atoms in total. The molecule has 1 aliphatic rings. The molecule has 1 aliphatic carbocycles. The molecule has 0 aliphatic heterocycles. The van der Waals surface area contributed by atoms with Crippen molar-refractivity contribution >= 4 is 21.1 Å². The Kier molecular flexibility index (Phi) is 6.69. The van der Waals surface area contributed by atoms with Gasteiger partial charge >= 0.3 is 0 Å². The number of benzene rings is 1. The van der Waals surface area contributed by atoms with Crippen molar-refractivity contribution < 1.29 is 27.7 Å². The zero-order valence-corrected chi connectivity index (χ0v) is 21.5. The molecule has 1 N–H and O–H groups in total. The Balaban J connectivity index is 1.72. The fraction of sp³-hybridized carbons (Fsp3) is 0.360. The first-order valence-electron chi connectivity index (χ1n) is 11.8. The minimum Gasteiger partial charge on any atom is -0.494 e. The Hall–Kier alpha value is -3.77. The number of ether oxygens (including phenoxy) is 3. The first-order chi connectivity index (χ1) is 17.8. The van der Waals surface area contributed by atoms with Gasteiger partial charge in [0.2, 0.25) is 5.88 Å². The van der Waals surface area contributed by atoms with Crippen LogP contribution in [-0.4, -0.2) is 70.2 Å². The van der Waals surface area contributed by atoms with Crippen LogP contribution in [0.2, 0.25) is 0 Å². The fourth-order valence-corrected chi connectivity index (χ4v) is 6.13. The molecule has 1 saturated carbocycles. The lowest BCUT2D eigenvalue weighted by atomic mass is 9.96. The largest absolute Gasteiger partial charge is 0.494 e. The highest BCUT2D eigenvalue weighted by Crippen LogP contribution is 2.38. The molecule has 194 valence electrons. The second kappa shape index (κ2) is 9.94. The van der Waals surface area contributed by atoms with E-state index in [4.69, 9.17) is 19.2 Å². The number of hydrogen-bond acceptors (Lipinski definition) is 10. The number of aliphatic hydroxyl groups is 1. The summed E-state index contributed by atoms with van der Waals surface area (Å²) in [5.41, 5.74) is 1.90. The van der Waals surface area contributed by atoms with Crippen molar-refractivity contribution in [3.8, 4) is 34.6 Å². The predicted molar refractivity (Wildman–Crippen MR) is 136 cm³/mol. The van der Waals surface area contributed by atoms with Gasteiger partial charge in [-0.25, -0.2) is 28.4 Å². The van der Waals surface area contributed by atoms with Crippen molar-refractivity contribution in [2.24, 2.45) is 0 Å². The van der Waals surface area contributed by atoms with E-state index >= 15 is 0 Å². The highest BCUT2D eigenvalue weighted by molar-refractivity contribution is 7.91. The van der Waals surface area contributed by atoms with Gasteiger partial charge in [-0.15, -0.1) is 0 Å². The van der Waals surface area contributed by atoms with E-state index < -0.39 is 21.2 Å². The Bertz CT molecular complexity index is 1530. The van der Waals surface area contributed by atoms with Crippen LogP contribution in [0.5, 0.6) is 17.4 Å². The third-order valence-electron chi connectivity index (χ3n) is 6.22. The van der Waals surface area contributed by atoms with Crippen molar-refractivity contribution in [2.45, 2.75) is 36.9 Å². The Morgan fingerprint density at radius 1 is 1.03 bits per heavy atom. The van der Waals surface area contributed by atoms with Crippen LogP contribution in [0.3, 0.4) is 0 Å². The molecule has 12 heteroatoms. The molecular weight excluding hydrogens is 498 g/mol. The molecule has 3 aromatic heterocycles. The molecule has 0 saturated heterocycles. The number of methoxy groups -OCH3 is 2. The molecular formula is C25H27N5O6S. The molecule has 0 atom stereocenters. The average Bonchev–Trinajstić information content (AvgIpc) is 3.24. The standard InChI is InChI=1S/C25H27N5O6S/c1-4-36-21-10-5-7-18(28-21)24-29-23-25(30(24)22-19(34-2)8-6-9-20(22)35-3)27-15(13-26-23)14-37(32,33)17-11-16(31)12-17/h5-10,13,16-17,31H,4,11-12,14H2,1-3H3. The molecule has 0 amide bonds. The number of aliphatic hydroxyl groups excluding tert-OH is 1. The van der Waals surface area contributed by atoms with E-state index in [9.17, 15) is 13.5 Å². The van der Waals surface area contributed by atoms with Crippen LogP contribution in [0, 0.1) is 0 Å². The summed E-state index contributed by atoms with van der Waals surface area (Å²) in [6, 6.07) is 10.7. The second-order valence-electron chi connectivity index (χ2n) is 8.64. The summed E-state index contributed by atoms with van der Waals surface area (Å²) in [5, 5.41) is 8.99. The SMILES string of the molecule is CCOc1cccc(-c2nc3ncc(CS(=O)(=O)C4CC(O)C4)nc3n2-c2c(OC)cccc2OC)n1. The van der Waals surface area contributed by atoms with Crippen molar-refractivity contribution in [3.05, 3.63) is 48.3 Å². The summed E-state index contributed by atoms with van der Waals surface area (Å²) < 4.78 is 44.3. The number of aromatic nitrogens is 5. The molecule has 1 aromatic carbocycles. The van der Waals surface area contributed by atoms with E-state index in [2.05, 4.69) is 15.0 Å². The lowest BCUT2D eigenvalue weighted by Gasteiger charge is -2.30. The van der Waals surface area contributed by atoms with Crippen LogP contribution in [0.15, 0.2) is 42.6 Å². The molecule has 5 rings (SSSR count). The Labute approximate surface area is 214 Å². The summed E-state index contributed by atoms with van der Waals surface area (Å²) in [4.78, 5) is 18.4. The molecule has 0 spiro atoms. The number of pyridine rings is 1. The minimum absolute atomic E-state index is 0.236. The molecule has 4 aromatic rings. The van der Waals surface area contributed by atoms with Gasteiger partial charge in [-0.2, -0.15) is 0 Å². The first-order valence-corrected chi connectivity index (χ1v) is 13.5.